The van der Waals surface area contributed by atoms with Gasteiger partial charge >= 0.3 is 0 Å². The summed E-state index contributed by atoms with van der Waals surface area (Å²) in [6.45, 7) is 2.04. The molecule has 0 fully saturated rings. The summed E-state index contributed by atoms with van der Waals surface area (Å²) in [5, 5.41) is 6.09. The Bertz CT molecular complexity index is 2810. The Morgan fingerprint density at radius 2 is 1.02 bits per heavy atom. The van der Waals surface area contributed by atoms with Gasteiger partial charge in [-0.3, -0.25) is 4.98 Å². The van der Waals surface area contributed by atoms with Crippen molar-refractivity contribution >= 4 is 38.5 Å². The van der Waals surface area contributed by atoms with Gasteiger partial charge in [-0.25, -0.2) is 15.0 Å². The molecule has 0 saturated heterocycles. The fraction of sp³-hybridized carbons (Fsp3) is 0.0204. The van der Waals surface area contributed by atoms with Gasteiger partial charge in [-0.05, 0) is 80.6 Å². The molecule has 9 rings (SSSR count). The SMILES string of the molecule is C/C=C\C=C/c1cc(-c2ccc(-c3nc(-c4ccccc4)nc(-c4ccc(-c5ccnc6ccccc56)cc4)n3)cc2)cc2ccc3ccccc3c12. The number of allylic oxidation sites excluding steroid dienone is 3. The standard InChI is InChI=1S/C49H34N4/c1-2-3-5-15-39-31-41(32-40-28-23-34-12-8-9-16-43(34)46(39)40)33-19-24-37(25-20-33)48-51-47(36-13-6-4-7-14-36)52-49(53-48)38-26-21-35(22-27-38)42-29-30-50-45-18-11-10-17-44(42)45/h2-32H,1H3/b3-2-,15-5-. The average molecular weight is 679 g/mol. The van der Waals surface area contributed by atoms with E-state index in [0.717, 1.165) is 49.8 Å². The van der Waals surface area contributed by atoms with Crippen LogP contribution in [-0.4, -0.2) is 19.9 Å². The smallest absolute Gasteiger partial charge is 0.164 e. The molecule has 0 aliphatic carbocycles. The Morgan fingerprint density at radius 1 is 0.434 bits per heavy atom. The van der Waals surface area contributed by atoms with E-state index in [1.54, 1.807) is 0 Å². The minimum Gasteiger partial charge on any atom is -0.256 e. The molecular weight excluding hydrogens is 645 g/mol. The molecule has 250 valence electrons. The van der Waals surface area contributed by atoms with E-state index in [-0.39, 0.29) is 0 Å². The lowest BCUT2D eigenvalue weighted by Crippen LogP contribution is -2.00. The van der Waals surface area contributed by atoms with Crippen LogP contribution in [0.3, 0.4) is 0 Å². The van der Waals surface area contributed by atoms with Gasteiger partial charge in [0, 0.05) is 28.3 Å². The van der Waals surface area contributed by atoms with Crippen molar-refractivity contribution in [2.75, 3.05) is 0 Å². The Labute approximate surface area is 308 Å². The number of hydrogen-bond donors (Lipinski definition) is 0. The van der Waals surface area contributed by atoms with E-state index in [9.17, 15) is 0 Å². The van der Waals surface area contributed by atoms with E-state index < -0.39 is 0 Å². The van der Waals surface area contributed by atoms with Crippen LogP contribution in [0.15, 0.2) is 182 Å². The van der Waals surface area contributed by atoms with Crippen molar-refractivity contribution in [3.63, 3.8) is 0 Å². The molecule has 0 aliphatic rings. The van der Waals surface area contributed by atoms with Crippen molar-refractivity contribution in [2.24, 2.45) is 0 Å². The highest BCUT2D eigenvalue weighted by Gasteiger charge is 2.14. The maximum absolute atomic E-state index is 5.03. The molecule has 0 N–H and O–H groups in total. The van der Waals surface area contributed by atoms with E-state index in [1.165, 1.54) is 27.1 Å². The zero-order valence-electron chi connectivity index (χ0n) is 29.2. The Hall–Kier alpha value is -7.04. The molecule has 9 aromatic rings. The first-order chi connectivity index (χ1) is 26.2. The second-order valence-corrected chi connectivity index (χ2v) is 13.0. The molecule has 0 atom stereocenters. The fourth-order valence-corrected chi connectivity index (χ4v) is 7.06. The van der Waals surface area contributed by atoms with Crippen molar-refractivity contribution in [1.82, 2.24) is 19.9 Å². The van der Waals surface area contributed by atoms with Gasteiger partial charge in [-0.2, -0.15) is 0 Å². The van der Waals surface area contributed by atoms with Gasteiger partial charge in [0.25, 0.3) is 0 Å². The van der Waals surface area contributed by atoms with Gasteiger partial charge in [0.1, 0.15) is 0 Å². The van der Waals surface area contributed by atoms with Gasteiger partial charge in [0.15, 0.2) is 17.5 Å². The summed E-state index contributed by atoms with van der Waals surface area (Å²) in [4.78, 5) is 19.5. The molecule has 0 spiro atoms. The summed E-state index contributed by atoms with van der Waals surface area (Å²) in [5.41, 5.74) is 9.49. The first-order valence-electron chi connectivity index (χ1n) is 17.8. The molecule has 7 aromatic carbocycles. The summed E-state index contributed by atoms with van der Waals surface area (Å²) in [6.07, 6.45) is 10.3. The van der Waals surface area contributed by atoms with E-state index in [1.807, 2.05) is 55.6 Å². The predicted molar refractivity (Wildman–Crippen MR) is 221 cm³/mol. The van der Waals surface area contributed by atoms with Crippen molar-refractivity contribution in [2.45, 2.75) is 6.92 Å². The molecule has 0 amide bonds. The lowest BCUT2D eigenvalue weighted by Gasteiger charge is -2.12. The zero-order chi connectivity index (χ0) is 35.6. The largest absolute Gasteiger partial charge is 0.256 e. The Balaban J connectivity index is 1.10. The highest BCUT2D eigenvalue weighted by atomic mass is 15.0. The van der Waals surface area contributed by atoms with Crippen LogP contribution in [0.5, 0.6) is 0 Å². The van der Waals surface area contributed by atoms with E-state index in [4.69, 9.17) is 15.0 Å². The van der Waals surface area contributed by atoms with Gasteiger partial charge in [-0.15, -0.1) is 0 Å². The molecule has 0 aliphatic heterocycles. The van der Waals surface area contributed by atoms with E-state index >= 15 is 0 Å². The van der Waals surface area contributed by atoms with Crippen LogP contribution in [0.25, 0.3) is 94.9 Å². The molecular formula is C49H34N4. The molecule has 2 aromatic heterocycles. The Kier molecular flexibility index (Phi) is 8.39. The average Bonchev–Trinajstić information content (AvgIpc) is 3.23. The first kappa shape index (κ1) is 31.9. The van der Waals surface area contributed by atoms with Gasteiger partial charge in [-0.1, -0.05) is 158 Å². The molecule has 53 heavy (non-hydrogen) atoms. The number of aromatic nitrogens is 4. The lowest BCUT2D eigenvalue weighted by atomic mass is 9.92. The molecule has 4 heteroatoms. The van der Waals surface area contributed by atoms with Crippen molar-refractivity contribution < 1.29 is 0 Å². The second kappa shape index (κ2) is 13.9. The van der Waals surface area contributed by atoms with E-state index in [0.29, 0.717) is 17.5 Å². The molecule has 2 heterocycles. The lowest BCUT2D eigenvalue weighted by molar-refractivity contribution is 1.07. The fourth-order valence-electron chi connectivity index (χ4n) is 7.06. The molecule has 0 radical (unpaired) electrons. The Morgan fingerprint density at radius 3 is 1.74 bits per heavy atom. The summed E-state index contributed by atoms with van der Waals surface area (Å²) in [5.74, 6) is 1.89. The van der Waals surface area contributed by atoms with Crippen LogP contribution in [0, 0.1) is 0 Å². The van der Waals surface area contributed by atoms with Crippen LogP contribution in [0.1, 0.15) is 12.5 Å². The van der Waals surface area contributed by atoms with Crippen LogP contribution in [0.2, 0.25) is 0 Å². The van der Waals surface area contributed by atoms with E-state index in [2.05, 4.69) is 145 Å². The number of nitrogens with zero attached hydrogens (tertiary/aromatic N) is 4. The number of benzene rings is 7. The molecule has 0 unspecified atom stereocenters. The number of pyridine rings is 1. The van der Waals surface area contributed by atoms with Crippen LogP contribution in [0.4, 0.5) is 0 Å². The number of fused-ring (bicyclic) bond motifs is 4. The van der Waals surface area contributed by atoms with Gasteiger partial charge < -0.3 is 0 Å². The van der Waals surface area contributed by atoms with Crippen LogP contribution in [-0.2, 0) is 0 Å². The molecule has 0 saturated carbocycles. The zero-order valence-corrected chi connectivity index (χ0v) is 29.2. The summed E-state index contributed by atoms with van der Waals surface area (Å²) in [7, 11) is 0. The number of hydrogen-bond acceptors (Lipinski definition) is 4. The topological polar surface area (TPSA) is 51.6 Å². The third-order valence-electron chi connectivity index (χ3n) is 9.70. The maximum Gasteiger partial charge on any atom is 0.164 e. The number of para-hydroxylation sites is 1. The predicted octanol–water partition coefficient (Wildman–Crippen LogP) is 12.7. The maximum atomic E-state index is 5.03. The quantitative estimate of drug-likeness (QED) is 0.124. The molecule has 4 nitrogen and oxygen atoms in total. The van der Waals surface area contributed by atoms with Crippen LogP contribution >= 0.6 is 0 Å². The highest BCUT2D eigenvalue weighted by Crippen LogP contribution is 2.35. The normalized spacial score (nSPS) is 11.7. The second-order valence-electron chi connectivity index (χ2n) is 13.0. The van der Waals surface area contributed by atoms with Crippen molar-refractivity contribution in [3.05, 3.63) is 188 Å². The third kappa shape index (κ3) is 6.28. The summed E-state index contributed by atoms with van der Waals surface area (Å²) < 4.78 is 0. The molecule has 0 bridgehead atoms. The van der Waals surface area contributed by atoms with Crippen molar-refractivity contribution in [3.8, 4) is 56.4 Å². The number of rotatable bonds is 7. The first-order valence-corrected chi connectivity index (χ1v) is 17.8. The minimum absolute atomic E-state index is 0.628. The minimum atomic E-state index is 0.628. The van der Waals surface area contributed by atoms with Crippen LogP contribution < -0.4 is 0 Å². The van der Waals surface area contributed by atoms with Gasteiger partial charge in [0.2, 0.25) is 0 Å². The summed E-state index contributed by atoms with van der Waals surface area (Å²) in [6, 6.07) is 55.0. The van der Waals surface area contributed by atoms with Gasteiger partial charge in [0.05, 0.1) is 5.52 Å². The summed E-state index contributed by atoms with van der Waals surface area (Å²) >= 11 is 0. The van der Waals surface area contributed by atoms with Crippen molar-refractivity contribution in [1.29, 1.82) is 0 Å². The monoisotopic (exact) mass is 678 g/mol. The third-order valence-corrected chi connectivity index (χ3v) is 9.70. The highest BCUT2D eigenvalue weighted by molar-refractivity contribution is 6.12.